The van der Waals surface area contributed by atoms with Crippen LogP contribution in [0.5, 0.6) is 0 Å². The van der Waals surface area contributed by atoms with E-state index in [1.807, 2.05) is 5.10 Å². The van der Waals surface area contributed by atoms with Gasteiger partial charge in [0.1, 0.15) is 0 Å². The first-order valence-corrected chi connectivity index (χ1v) is 5.11. The number of nitrogens with one attached hydrogen (secondary N) is 1. The van der Waals surface area contributed by atoms with Crippen molar-refractivity contribution in [2.75, 3.05) is 0 Å². The molecular formula is C10H6BF6N2-. The molecule has 1 N–H and O–H groups in total. The van der Waals surface area contributed by atoms with Gasteiger partial charge in [0.25, 0.3) is 0 Å². The average molecular weight is 279 g/mol. The molecule has 9 heteroatoms. The van der Waals surface area contributed by atoms with Gasteiger partial charge in [0, 0.05) is 5.56 Å². The Morgan fingerprint density at radius 3 is 2.00 bits per heavy atom. The lowest BCUT2D eigenvalue weighted by Crippen LogP contribution is -2.35. The van der Waals surface area contributed by atoms with Gasteiger partial charge in [0.05, 0.1) is 11.3 Å². The molecule has 0 unspecified atom stereocenters. The topological polar surface area (TPSA) is 28.7 Å². The van der Waals surface area contributed by atoms with Gasteiger partial charge >= 0.3 is 13.2 Å². The standard InChI is InChI=1S/C10H6BF6N2/c12-10(13,14)7-3-1-6(2-4-7)8-5-9(19-18-8)11(15,16)17/h1-5H,(H,18,19)/q-1. The molecule has 0 aliphatic carbocycles. The number of halogens is 6. The first-order valence-electron chi connectivity index (χ1n) is 5.11. The van der Waals surface area contributed by atoms with E-state index in [9.17, 15) is 26.1 Å². The molecule has 19 heavy (non-hydrogen) atoms. The van der Waals surface area contributed by atoms with Crippen molar-refractivity contribution in [1.82, 2.24) is 10.2 Å². The maximum Gasteiger partial charge on any atom is 0.527 e. The third kappa shape index (κ3) is 2.91. The molecule has 2 nitrogen and oxygen atoms in total. The number of aromatic nitrogens is 2. The summed E-state index contributed by atoms with van der Waals surface area (Å²) in [4.78, 5) is 0. The summed E-state index contributed by atoms with van der Waals surface area (Å²) in [5.41, 5.74) is -1.74. The van der Waals surface area contributed by atoms with Crippen molar-refractivity contribution >= 4 is 12.6 Å². The summed E-state index contributed by atoms with van der Waals surface area (Å²) in [6.45, 7) is -5.21. The highest BCUT2D eigenvalue weighted by Crippen LogP contribution is 2.30. The second-order valence-corrected chi connectivity index (χ2v) is 3.86. The van der Waals surface area contributed by atoms with Crippen LogP contribution in [0, 0.1) is 0 Å². The van der Waals surface area contributed by atoms with Gasteiger partial charge in [-0.1, -0.05) is 12.1 Å². The van der Waals surface area contributed by atoms with E-state index < -0.39 is 24.3 Å². The van der Waals surface area contributed by atoms with Crippen molar-refractivity contribution in [1.29, 1.82) is 0 Å². The molecule has 0 atom stereocenters. The predicted octanol–water partition coefficient (Wildman–Crippen LogP) is 3.15. The van der Waals surface area contributed by atoms with E-state index in [4.69, 9.17) is 0 Å². The first kappa shape index (κ1) is 13.5. The van der Waals surface area contributed by atoms with E-state index in [1.165, 1.54) is 0 Å². The van der Waals surface area contributed by atoms with Gasteiger partial charge in [-0.05, 0) is 23.8 Å². The summed E-state index contributed by atoms with van der Waals surface area (Å²) < 4.78 is 74.1. The largest absolute Gasteiger partial charge is 0.527 e. The molecule has 0 saturated heterocycles. The zero-order chi connectivity index (χ0) is 14.3. The smallest absolute Gasteiger partial charge is 0.444 e. The lowest BCUT2D eigenvalue weighted by Gasteiger charge is -2.09. The van der Waals surface area contributed by atoms with Gasteiger partial charge in [0.2, 0.25) is 0 Å². The third-order valence-corrected chi connectivity index (χ3v) is 2.46. The molecule has 1 aromatic heterocycles. The number of H-pyrrole nitrogens is 1. The Morgan fingerprint density at radius 2 is 1.58 bits per heavy atom. The molecule has 2 aromatic rings. The summed E-state index contributed by atoms with van der Waals surface area (Å²) in [6.07, 6.45) is -4.48. The van der Waals surface area contributed by atoms with Gasteiger partial charge < -0.3 is 18.0 Å². The highest BCUT2D eigenvalue weighted by atomic mass is 19.4. The molecular weight excluding hydrogens is 273 g/mol. The SMILES string of the molecule is F[B-](F)(F)c1cc(-c2ccc(C(F)(F)F)cc2)n[nH]1. The molecule has 0 saturated carbocycles. The fourth-order valence-corrected chi connectivity index (χ4v) is 1.48. The Morgan fingerprint density at radius 1 is 1.00 bits per heavy atom. The Kier molecular flexibility index (Phi) is 3.07. The molecule has 1 heterocycles. The van der Waals surface area contributed by atoms with Crippen LogP contribution in [-0.2, 0) is 6.18 Å². The highest BCUT2D eigenvalue weighted by Gasteiger charge is 2.30. The fraction of sp³-hybridized carbons (Fsp3) is 0.100. The van der Waals surface area contributed by atoms with Crippen molar-refractivity contribution in [3.63, 3.8) is 0 Å². The van der Waals surface area contributed by atoms with Gasteiger partial charge in [-0.15, -0.1) is 0 Å². The molecule has 2 rings (SSSR count). The zero-order valence-corrected chi connectivity index (χ0v) is 9.18. The van der Waals surface area contributed by atoms with Crippen LogP contribution in [0.4, 0.5) is 26.1 Å². The van der Waals surface area contributed by atoms with E-state index >= 15 is 0 Å². The zero-order valence-electron chi connectivity index (χ0n) is 9.18. The van der Waals surface area contributed by atoms with Crippen molar-refractivity contribution in [2.24, 2.45) is 0 Å². The number of rotatable bonds is 2. The number of nitrogens with zero attached hydrogens (tertiary/aromatic N) is 1. The normalized spacial score (nSPS) is 12.7. The van der Waals surface area contributed by atoms with Crippen molar-refractivity contribution in [3.05, 3.63) is 35.9 Å². The number of hydrogen-bond acceptors (Lipinski definition) is 1. The predicted molar refractivity (Wildman–Crippen MR) is 57.7 cm³/mol. The molecule has 0 fully saturated rings. The van der Waals surface area contributed by atoms with Crippen molar-refractivity contribution in [3.8, 4) is 11.3 Å². The lowest BCUT2D eigenvalue weighted by molar-refractivity contribution is -0.137. The minimum Gasteiger partial charge on any atom is -0.444 e. The van der Waals surface area contributed by atoms with E-state index in [0.717, 1.165) is 30.3 Å². The van der Waals surface area contributed by atoms with Gasteiger partial charge in [-0.2, -0.15) is 18.3 Å². The summed E-state index contributed by atoms with van der Waals surface area (Å²) >= 11 is 0. The Hall–Kier alpha value is -1.93. The van der Waals surface area contributed by atoms with Crippen LogP contribution in [0.25, 0.3) is 11.3 Å². The number of aromatic amines is 1. The Labute approximate surface area is 103 Å². The van der Waals surface area contributed by atoms with E-state index in [2.05, 4.69) is 5.10 Å². The summed E-state index contributed by atoms with van der Waals surface area (Å²) in [7, 11) is 0. The monoisotopic (exact) mass is 279 g/mol. The molecule has 1 aromatic carbocycles. The van der Waals surface area contributed by atoms with Crippen LogP contribution >= 0.6 is 0 Å². The van der Waals surface area contributed by atoms with Crippen LogP contribution in [0.1, 0.15) is 5.56 Å². The summed E-state index contributed by atoms with van der Waals surface area (Å²) in [5.74, 6) is 0. The second-order valence-electron chi connectivity index (χ2n) is 3.86. The molecule has 0 spiro atoms. The van der Waals surface area contributed by atoms with Gasteiger partial charge in [0.15, 0.2) is 0 Å². The van der Waals surface area contributed by atoms with Crippen LogP contribution < -0.4 is 5.59 Å². The van der Waals surface area contributed by atoms with Crippen LogP contribution in [0.2, 0.25) is 0 Å². The van der Waals surface area contributed by atoms with Crippen molar-refractivity contribution < 1.29 is 26.1 Å². The highest BCUT2D eigenvalue weighted by molar-refractivity contribution is 6.72. The van der Waals surface area contributed by atoms with Crippen LogP contribution in [0.3, 0.4) is 0 Å². The molecule has 0 amide bonds. The molecule has 102 valence electrons. The van der Waals surface area contributed by atoms with Crippen LogP contribution in [0.15, 0.2) is 30.3 Å². The van der Waals surface area contributed by atoms with Crippen molar-refractivity contribution in [2.45, 2.75) is 6.18 Å². The second kappa shape index (κ2) is 4.32. The van der Waals surface area contributed by atoms with Gasteiger partial charge in [-0.3, -0.25) is 0 Å². The quantitative estimate of drug-likeness (QED) is 0.664. The summed E-state index contributed by atoms with van der Waals surface area (Å²) in [6, 6.07) is 4.51. The molecule has 0 radical (unpaired) electrons. The number of hydrogen-bond donors (Lipinski definition) is 1. The number of benzene rings is 1. The first-order chi connectivity index (χ1) is 8.68. The molecule has 0 bridgehead atoms. The van der Waals surface area contributed by atoms with Crippen LogP contribution in [-0.4, -0.2) is 17.2 Å². The lowest BCUT2D eigenvalue weighted by atomic mass is 9.86. The fourth-order valence-electron chi connectivity index (χ4n) is 1.48. The number of alkyl halides is 3. The Balaban J connectivity index is 2.31. The Bertz CT molecular complexity index is 569. The van der Waals surface area contributed by atoms with E-state index in [-0.39, 0.29) is 11.3 Å². The molecule has 0 aliphatic rings. The maximum absolute atomic E-state index is 12.4. The summed E-state index contributed by atoms with van der Waals surface area (Å²) in [5, 5.41) is 5.25. The molecule has 0 aliphatic heterocycles. The minimum absolute atomic E-state index is 0.0528. The third-order valence-electron chi connectivity index (χ3n) is 2.46. The minimum atomic E-state index is -5.21. The average Bonchev–Trinajstić information content (AvgIpc) is 2.77. The van der Waals surface area contributed by atoms with E-state index in [0.29, 0.717) is 0 Å². The maximum atomic E-state index is 12.4. The van der Waals surface area contributed by atoms with Gasteiger partial charge in [-0.25, -0.2) is 0 Å². The van der Waals surface area contributed by atoms with E-state index in [1.54, 1.807) is 0 Å².